The Labute approximate surface area is 548 Å². The Morgan fingerprint density at radius 3 is 1.44 bits per heavy atom. The highest BCUT2D eigenvalue weighted by Crippen LogP contribution is 2.47. The van der Waals surface area contributed by atoms with Crippen molar-refractivity contribution >= 4 is 97.9 Å². The summed E-state index contributed by atoms with van der Waals surface area (Å²) in [6.07, 6.45) is -8.69. The Hall–Kier alpha value is -5.64. The zero-order valence-corrected chi connectivity index (χ0v) is 55.3. The molecule has 2 aromatic heterocycles. The average Bonchev–Trinajstić information content (AvgIpc) is 1.63. The number of carbonyl (C=O) groups is 8. The number of hydrogen-bond donors (Lipinski definition) is 10. The minimum atomic E-state index is -5.14. The number of amides is 4. The maximum Gasteiger partial charge on any atom is 0.469 e. The fourth-order valence-electron chi connectivity index (χ4n) is 9.15. The number of ketones is 2. The molecular weight excluding hydrogens is 1360 g/mol. The SMILES string of the molecule is CC1CCC1C.CCC(CSC1CCC1SCC(CC(=O)CCOCCC(C)=O)C(=O)NCCC(=O)OCC(=O)Nc1ccn([C@@H]2O[C@H](COP(=O)(O)O)[C@@H](O)C2(F)F)c(=O)n1)C(=O)NCCC(=O)OCC(=O)Nc1ccn(C2O[C@H](COP(=O)(O)O)[C@@H](O)C2(F)F)c(=O)n1. The summed E-state index contributed by atoms with van der Waals surface area (Å²) in [5.41, 5.74) is -2.80. The first-order valence-corrected chi connectivity index (χ1v) is 34.9. The maximum atomic E-state index is 14.8. The van der Waals surface area contributed by atoms with Gasteiger partial charge >= 0.3 is 50.8 Å². The van der Waals surface area contributed by atoms with Crippen molar-refractivity contribution in [1.82, 2.24) is 29.7 Å². The van der Waals surface area contributed by atoms with Crippen molar-refractivity contribution in [2.75, 3.05) is 74.9 Å². The van der Waals surface area contributed by atoms with Gasteiger partial charge in [-0.2, -0.15) is 51.1 Å². The van der Waals surface area contributed by atoms with Crippen molar-refractivity contribution in [1.29, 1.82) is 0 Å². The van der Waals surface area contributed by atoms with Crippen LogP contribution in [-0.4, -0.2) is 207 Å². The molecule has 95 heavy (non-hydrogen) atoms. The van der Waals surface area contributed by atoms with Gasteiger partial charge in [-0.25, -0.2) is 18.7 Å². The van der Waals surface area contributed by atoms with Gasteiger partial charge in [0.15, 0.2) is 25.4 Å². The Kier molecular flexibility index (Phi) is 31.0. The predicted molar refractivity (Wildman–Crippen MR) is 324 cm³/mol. The van der Waals surface area contributed by atoms with Gasteiger partial charge in [-0.3, -0.25) is 56.5 Å². The largest absolute Gasteiger partial charge is 0.469 e. The molecule has 0 aromatic carbocycles. The first-order valence-electron chi connectivity index (χ1n) is 29.8. The molecule has 10 N–H and O–H groups in total. The van der Waals surface area contributed by atoms with E-state index in [2.05, 4.69) is 54.1 Å². The molecule has 2 saturated carbocycles. The number of ether oxygens (including phenoxy) is 5. The van der Waals surface area contributed by atoms with Crippen molar-refractivity contribution in [3.05, 3.63) is 45.5 Å². The molecule has 0 radical (unpaired) electrons. The van der Waals surface area contributed by atoms with Gasteiger partial charge in [0, 0.05) is 72.7 Å². The molecule has 4 fully saturated rings. The van der Waals surface area contributed by atoms with E-state index in [9.17, 15) is 84.9 Å². The zero-order valence-electron chi connectivity index (χ0n) is 51.8. The van der Waals surface area contributed by atoms with Crippen molar-refractivity contribution in [2.45, 2.75) is 151 Å². The Morgan fingerprint density at radius 2 is 1.07 bits per heavy atom. The first kappa shape index (κ1) is 80.0. The average molecular weight is 1440 g/mol. The number of aliphatic hydroxyl groups is 2. The van der Waals surface area contributed by atoms with E-state index in [0.717, 1.165) is 49.2 Å². The summed E-state index contributed by atoms with van der Waals surface area (Å²) in [7, 11) is -10.3. The van der Waals surface area contributed by atoms with Crippen molar-refractivity contribution < 1.29 is 128 Å². The van der Waals surface area contributed by atoms with Crippen LogP contribution >= 0.6 is 39.2 Å². The van der Waals surface area contributed by atoms with Crippen LogP contribution in [0.5, 0.6) is 0 Å². The quantitative estimate of drug-likeness (QED) is 0.0198. The number of aromatic nitrogens is 4. The minimum Gasteiger partial charge on any atom is -0.456 e. The summed E-state index contributed by atoms with van der Waals surface area (Å²) in [5.74, 6) is -13.2. The molecule has 33 nitrogen and oxygen atoms in total. The van der Waals surface area contributed by atoms with E-state index in [1.54, 1.807) is 6.92 Å². The smallest absolute Gasteiger partial charge is 0.456 e. The van der Waals surface area contributed by atoms with Gasteiger partial charge < -0.3 is 74.7 Å². The number of thioether (sulfide) groups is 2. The van der Waals surface area contributed by atoms with E-state index < -0.39 is 162 Å². The molecule has 0 spiro atoms. The lowest BCUT2D eigenvalue weighted by atomic mass is 9.77. The second-order valence-electron chi connectivity index (χ2n) is 22.6. The summed E-state index contributed by atoms with van der Waals surface area (Å²) in [6.45, 7) is 3.39. The van der Waals surface area contributed by atoms with Crippen LogP contribution in [0.1, 0.15) is 104 Å². The zero-order chi connectivity index (χ0) is 70.6. The number of Topliss-reactive ketones (excluding diaryl/α,β-unsaturated/α-hetero) is 2. The molecule has 41 heteroatoms. The van der Waals surface area contributed by atoms with Crippen LogP contribution in [0.25, 0.3) is 0 Å². The fraction of sp³-hybridized carbons (Fsp3) is 0.704. The van der Waals surface area contributed by atoms with E-state index >= 15 is 0 Å². The van der Waals surface area contributed by atoms with Crippen LogP contribution in [-0.2, 0) is 80.2 Å². The number of hydrogen-bond acceptors (Lipinski definition) is 25. The molecule has 2 aliphatic heterocycles. The highest BCUT2D eigenvalue weighted by Gasteiger charge is 2.61. The second kappa shape index (κ2) is 36.8. The van der Waals surface area contributed by atoms with Gasteiger partial charge in [0.2, 0.25) is 24.3 Å². The Balaban J connectivity index is 0.00000257. The topological polar surface area (TPSA) is 475 Å². The number of phosphoric ester groups is 2. The van der Waals surface area contributed by atoms with Crippen LogP contribution in [0.4, 0.5) is 29.2 Å². The lowest BCUT2D eigenvalue weighted by Gasteiger charge is -2.37. The molecule has 6 rings (SSSR count). The summed E-state index contributed by atoms with van der Waals surface area (Å²) in [4.78, 5) is 168. The third-order valence-electron chi connectivity index (χ3n) is 15.3. The number of aliphatic hydroxyl groups excluding tert-OH is 2. The second-order valence-corrected chi connectivity index (χ2v) is 27.6. The number of halogens is 4. The van der Waals surface area contributed by atoms with E-state index in [-0.39, 0.29) is 94.8 Å². The summed E-state index contributed by atoms with van der Waals surface area (Å²) >= 11 is 2.98. The van der Waals surface area contributed by atoms with Crippen molar-refractivity contribution in [3.63, 3.8) is 0 Å². The molecule has 12 atom stereocenters. The minimum absolute atomic E-state index is 0.00479. The summed E-state index contributed by atoms with van der Waals surface area (Å²) in [6, 6.07) is 1.80. The number of anilines is 2. The molecule has 4 aliphatic rings. The van der Waals surface area contributed by atoms with E-state index in [1.165, 1.54) is 43.3 Å². The molecule has 0 bridgehead atoms. The normalized spacial score (nSPS) is 24.1. The van der Waals surface area contributed by atoms with E-state index in [1.807, 2.05) is 0 Å². The van der Waals surface area contributed by atoms with Crippen LogP contribution < -0.4 is 32.6 Å². The number of phosphoric acid groups is 2. The highest BCUT2D eigenvalue weighted by molar-refractivity contribution is 8.04. The van der Waals surface area contributed by atoms with Gasteiger partial charge in [0.1, 0.15) is 35.4 Å². The molecule has 2 aliphatic carbocycles. The van der Waals surface area contributed by atoms with Crippen molar-refractivity contribution in [2.24, 2.45) is 23.7 Å². The fourth-order valence-corrected chi connectivity index (χ4v) is 13.2. The third-order valence-corrected chi connectivity index (χ3v) is 19.6. The van der Waals surface area contributed by atoms with Gasteiger partial charge in [-0.1, -0.05) is 33.6 Å². The summed E-state index contributed by atoms with van der Waals surface area (Å²) in [5, 5.41) is 29.5. The van der Waals surface area contributed by atoms with Gasteiger partial charge in [-0.15, -0.1) is 0 Å². The first-order chi connectivity index (χ1) is 44.5. The molecule has 4 heterocycles. The maximum absolute atomic E-state index is 14.8. The monoisotopic (exact) mass is 1440 g/mol. The number of alkyl halides is 4. The molecule has 2 aromatic rings. The van der Waals surface area contributed by atoms with Crippen LogP contribution in [0.15, 0.2) is 34.1 Å². The number of carbonyl (C=O) groups excluding carboxylic acids is 8. The molecule has 534 valence electrons. The van der Waals surface area contributed by atoms with Crippen molar-refractivity contribution in [3.8, 4) is 0 Å². The van der Waals surface area contributed by atoms with E-state index in [0.29, 0.717) is 12.2 Å². The number of esters is 2. The molecule has 7 unspecified atom stereocenters. The summed E-state index contributed by atoms with van der Waals surface area (Å²) < 4.78 is 115. The number of nitrogens with zero attached hydrogens (tertiary/aromatic N) is 4. The lowest BCUT2D eigenvalue weighted by molar-refractivity contribution is -0.147. The molecule has 2 saturated heterocycles. The van der Waals surface area contributed by atoms with Crippen LogP contribution in [0.2, 0.25) is 0 Å². The van der Waals surface area contributed by atoms with Gasteiger partial charge in [0.25, 0.3) is 11.8 Å². The predicted octanol–water partition coefficient (Wildman–Crippen LogP) is 1.52. The number of nitrogens with one attached hydrogen (secondary N) is 4. The van der Waals surface area contributed by atoms with Gasteiger partial charge in [0.05, 0.1) is 45.2 Å². The van der Waals surface area contributed by atoms with E-state index in [4.69, 9.17) is 43.3 Å². The number of rotatable bonds is 37. The Bertz CT molecular complexity index is 3210. The molecule has 4 amide bonds. The standard InChI is InChI=1S/C48H66F4N8O25P2S2.C6H12/c1-3-26(41(69)53-12-6-37(65)80-21-35(63)55-33-8-14-59(45(71)57-33)43-47(49,50)39(67)29(84-43)19-82-86(73,74)75)23-88-31-4-5-32(31)89-24-27(18-28(62)11-17-79-16-10-25(2)61)42(70)54-13-7-38(66)81-22-36(64)56-34-9-15-60(46(72)58-34)44-48(51,52)40(68)30(85-44)20-83-87(76,77)78;1-5-3-4-6(5)2/h8-9,14-15,26-27,29-32,39-40,43-44,67-68H,3-7,10-13,16-24H2,1-2H3,(H,53,69)(H,54,70)(H2,73,74,75)(H2,76,77,78)(H,55,57,63,71)(H,56,58,64,72);5-6H,3-4H2,1-2H3/t26?,27?,29-,30-,31?,32?,39-,40-,43?,44-;/m1./s1. The third kappa shape index (κ3) is 25.6. The Morgan fingerprint density at radius 1 is 0.663 bits per heavy atom. The van der Waals surface area contributed by atoms with Crippen LogP contribution in [0.3, 0.4) is 0 Å². The highest BCUT2D eigenvalue weighted by atomic mass is 32.2. The lowest BCUT2D eigenvalue weighted by Crippen LogP contribution is -2.42. The van der Waals surface area contributed by atoms with Gasteiger partial charge in [-0.05, 0) is 50.2 Å². The van der Waals surface area contributed by atoms with Crippen LogP contribution in [0, 0.1) is 23.7 Å². The molecular formula is C54H78F4N8O25P2S2.